The average Bonchev–Trinajstić information content (AvgIpc) is 3.39. The molecule has 0 aliphatic carbocycles. The van der Waals surface area contributed by atoms with Crippen LogP contribution in [0.25, 0.3) is 0 Å². The fourth-order valence-electron chi connectivity index (χ4n) is 7.19. The molecule has 3 unspecified atom stereocenters. The molecule has 0 N–H and O–H groups in total. The number of rotatable bonds is 13. The molecule has 2 amide bonds. The molecule has 1 aliphatic rings. The van der Waals surface area contributed by atoms with E-state index in [1.165, 1.54) is 18.2 Å². The Balaban J connectivity index is 1.67. The third kappa shape index (κ3) is 10.6. The largest absolute Gasteiger partial charge is 0.485 e. The van der Waals surface area contributed by atoms with Gasteiger partial charge in [-0.15, -0.1) is 0 Å². The number of ether oxygens (including phenoxy) is 3. The predicted molar refractivity (Wildman–Crippen MR) is 233 cm³/mol. The van der Waals surface area contributed by atoms with Crippen molar-refractivity contribution in [3.05, 3.63) is 130 Å². The maximum atomic E-state index is 15.1. The summed E-state index contributed by atoms with van der Waals surface area (Å²) in [6.07, 6.45) is -2.60. The Morgan fingerprint density at radius 3 is 2.03 bits per heavy atom. The lowest BCUT2D eigenvalue weighted by Gasteiger charge is -2.41. The number of amides is 2. The van der Waals surface area contributed by atoms with Gasteiger partial charge in [-0.1, -0.05) is 94.4 Å². The van der Waals surface area contributed by atoms with Crippen LogP contribution in [-0.2, 0) is 36.1 Å². The topological polar surface area (TPSA) is 138 Å². The molecule has 0 aromatic heterocycles. The molecule has 1 fully saturated rings. The van der Waals surface area contributed by atoms with Crippen molar-refractivity contribution in [3.63, 3.8) is 0 Å². The summed E-state index contributed by atoms with van der Waals surface area (Å²) >= 11 is 0. The highest BCUT2D eigenvalue weighted by atomic mass is 32.2. The minimum atomic E-state index is -4.77. The maximum absolute atomic E-state index is 15.1. The number of hydroxylamine groups is 2. The van der Waals surface area contributed by atoms with Crippen LogP contribution in [0.2, 0.25) is 0 Å². The first-order chi connectivity index (χ1) is 28.3. The molecular formula is C46H58N2O10SSi. The number of para-hydroxylation sites is 2. The molecule has 4 aromatic carbocycles. The van der Waals surface area contributed by atoms with Gasteiger partial charge in [0, 0.05) is 12.1 Å². The first-order valence-corrected chi connectivity index (χ1v) is 22.5. The van der Waals surface area contributed by atoms with Crippen molar-refractivity contribution in [2.45, 2.75) is 110 Å². The van der Waals surface area contributed by atoms with Gasteiger partial charge in [0.2, 0.25) is 6.23 Å². The monoisotopic (exact) mass is 858 g/mol. The Morgan fingerprint density at radius 2 is 1.43 bits per heavy atom. The van der Waals surface area contributed by atoms with Gasteiger partial charge in [0.15, 0.2) is 22.0 Å². The Labute approximate surface area is 357 Å². The summed E-state index contributed by atoms with van der Waals surface area (Å²) in [5.74, 6) is -1.17. The number of hydrogen-bond acceptors (Lipinski definition) is 10. The molecule has 0 spiro atoms. The number of hydrogen-bond donors (Lipinski definition) is 0. The molecule has 12 nitrogen and oxygen atoms in total. The smallest absolute Gasteiger partial charge is 0.413 e. The molecule has 60 heavy (non-hydrogen) atoms. The van der Waals surface area contributed by atoms with E-state index in [2.05, 4.69) is 27.7 Å². The van der Waals surface area contributed by atoms with Crippen LogP contribution >= 0.6 is 0 Å². The van der Waals surface area contributed by atoms with Gasteiger partial charge in [-0.25, -0.2) is 14.7 Å². The van der Waals surface area contributed by atoms with Crippen molar-refractivity contribution in [1.29, 1.82) is 0 Å². The van der Waals surface area contributed by atoms with E-state index in [9.17, 15) is 18.0 Å². The van der Waals surface area contributed by atoms with E-state index in [4.69, 9.17) is 22.9 Å². The van der Waals surface area contributed by atoms with Gasteiger partial charge in [-0.3, -0.25) is 9.69 Å². The van der Waals surface area contributed by atoms with E-state index < -0.39 is 51.2 Å². The lowest BCUT2D eigenvalue weighted by molar-refractivity contribution is -0.130. The molecule has 1 saturated heterocycles. The first kappa shape index (κ1) is 45.9. The van der Waals surface area contributed by atoms with Crippen LogP contribution in [0, 0.1) is 19.8 Å². The Morgan fingerprint density at radius 1 is 0.833 bits per heavy atom. The second-order valence-corrected chi connectivity index (χ2v) is 19.0. The molecule has 1 heterocycles. The first-order valence-electron chi connectivity index (χ1n) is 20.2. The van der Waals surface area contributed by atoms with Gasteiger partial charge >= 0.3 is 22.2 Å². The second-order valence-electron chi connectivity index (χ2n) is 16.9. The van der Waals surface area contributed by atoms with E-state index in [1.54, 1.807) is 63.2 Å². The van der Waals surface area contributed by atoms with Gasteiger partial charge in [-0.2, -0.15) is 8.42 Å². The third-order valence-electron chi connectivity index (χ3n) is 11.2. The molecular weight excluding hydrogens is 801 g/mol. The summed E-state index contributed by atoms with van der Waals surface area (Å²) in [4.78, 5) is 44.4. The second kappa shape index (κ2) is 19.0. The van der Waals surface area contributed by atoms with Crippen molar-refractivity contribution >= 4 is 38.6 Å². The Kier molecular flexibility index (Phi) is 14.6. The van der Waals surface area contributed by atoms with Gasteiger partial charge in [0.1, 0.15) is 23.5 Å². The summed E-state index contributed by atoms with van der Waals surface area (Å²) in [6.45, 7) is 17.5. The van der Waals surface area contributed by atoms with E-state index >= 15 is 4.79 Å². The van der Waals surface area contributed by atoms with Crippen LogP contribution in [0.4, 0.5) is 4.79 Å². The number of benzene rings is 4. The van der Waals surface area contributed by atoms with Crippen molar-refractivity contribution in [2.24, 2.45) is 5.92 Å². The number of nitrogens with zero attached hydrogens (tertiary/aromatic N) is 2. The van der Waals surface area contributed by atoms with Gasteiger partial charge in [-0.05, 0) is 111 Å². The minimum Gasteiger partial charge on any atom is -0.485 e. The zero-order chi connectivity index (χ0) is 44.0. The molecule has 3 atom stereocenters. The summed E-state index contributed by atoms with van der Waals surface area (Å²) in [5, 5.41) is -0.643. The predicted octanol–water partition coefficient (Wildman–Crippen LogP) is 7.83. The molecule has 4 aromatic rings. The van der Waals surface area contributed by atoms with Crippen molar-refractivity contribution in [3.8, 4) is 11.5 Å². The van der Waals surface area contributed by atoms with Gasteiger partial charge in [0.05, 0.1) is 5.56 Å². The summed E-state index contributed by atoms with van der Waals surface area (Å²) in [6, 6.07) is 25.8. The van der Waals surface area contributed by atoms with E-state index in [1.807, 2.05) is 50.2 Å². The van der Waals surface area contributed by atoms with Crippen LogP contribution in [-0.4, -0.2) is 76.5 Å². The van der Waals surface area contributed by atoms with Crippen LogP contribution < -0.4 is 8.92 Å². The zero-order valence-electron chi connectivity index (χ0n) is 36.3. The average molecular weight is 859 g/mol. The number of likely N-dealkylation sites (tertiary alicyclic amines) is 1. The quantitative estimate of drug-likeness (QED) is 0.0566. The van der Waals surface area contributed by atoms with Crippen LogP contribution in [0.3, 0.4) is 0 Å². The highest BCUT2D eigenvalue weighted by Crippen LogP contribution is 2.38. The Bertz CT molecular complexity index is 2240. The fourth-order valence-corrected chi connectivity index (χ4v) is 9.16. The highest BCUT2D eigenvalue weighted by molar-refractivity contribution is 7.87. The zero-order valence-corrected chi connectivity index (χ0v) is 39.1. The van der Waals surface area contributed by atoms with Crippen molar-refractivity contribution in [2.75, 3.05) is 6.54 Å². The maximum Gasteiger partial charge on any atom is 0.413 e. The standard InChI is InChI=1S/C46H58N2O10SSi/c1-30(2)46(8,9)36-27-26-35(31(3)32(36)4)41(49)48(58-60)40-39(59(52,53)57-38-24-17-16-23-37(38)54-29-33-19-12-10-13-20-33)25-18-28-47(44(51)56-45(5,6)7)42(40)55-43(50)34-21-14-11-15-22-34/h10-17,19-24,26-27,30,39-40,42H,18,25,28-29H2,1-9,60H3. The van der Waals surface area contributed by atoms with Crippen LogP contribution in [0.1, 0.15) is 104 Å². The molecule has 0 radical (unpaired) electrons. The molecule has 14 heteroatoms. The van der Waals surface area contributed by atoms with Crippen molar-refractivity contribution < 1.29 is 45.7 Å². The summed E-state index contributed by atoms with van der Waals surface area (Å²) < 4.78 is 59.9. The summed E-state index contributed by atoms with van der Waals surface area (Å²) in [7, 11) is -4.86. The SMILES string of the molecule is Cc1c(C(=O)N(O[SiH3])C2C(OC(=O)c3ccccc3)N(C(=O)OC(C)(C)C)CCCC2S(=O)(=O)Oc2ccccc2OCc2ccccc2)ccc(C(C)(C)C(C)C)c1C. The number of carbonyl (C=O) groups is 3. The van der Waals surface area contributed by atoms with Gasteiger partial charge in [0.25, 0.3) is 5.91 Å². The lowest BCUT2D eigenvalue weighted by atomic mass is 9.72. The molecule has 322 valence electrons. The lowest BCUT2D eigenvalue weighted by Crippen LogP contribution is -2.62. The number of esters is 1. The van der Waals surface area contributed by atoms with Crippen LogP contribution in [0.5, 0.6) is 11.5 Å². The molecule has 5 rings (SSSR count). The van der Waals surface area contributed by atoms with Gasteiger partial charge < -0.3 is 22.9 Å². The highest BCUT2D eigenvalue weighted by Gasteiger charge is 2.53. The molecule has 0 saturated carbocycles. The van der Waals surface area contributed by atoms with E-state index in [-0.39, 0.29) is 70.4 Å². The van der Waals surface area contributed by atoms with E-state index in [0.717, 1.165) is 26.7 Å². The van der Waals surface area contributed by atoms with E-state index in [0.29, 0.717) is 5.56 Å². The Hall–Kier alpha value is -5.18. The molecule has 1 aliphatic heterocycles. The fraction of sp³-hybridized carbons (Fsp3) is 0.413. The molecule has 0 bridgehead atoms. The van der Waals surface area contributed by atoms with Crippen molar-refractivity contribution in [1.82, 2.24) is 9.96 Å². The minimum absolute atomic E-state index is 0.0821. The van der Waals surface area contributed by atoms with Crippen LogP contribution in [0.15, 0.2) is 97.1 Å². The number of carbonyl (C=O) groups excluding carboxylic acids is 3. The summed E-state index contributed by atoms with van der Waals surface area (Å²) in [5.41, 5.74) is 2.68. The third-order valence-corrected chi connectivity index (χ3v) is 13.3. The normalized spacial score (nSPS) is 17.4.